The van der Waals surface area contributed by atoms with E-state index in [1.54, 1.807) is 0 Å². The fourth-order valence-electron chi connectivity index (χ4n) is 2.41. The zero-order valence-corrected chi connectivity index (χ0v) is 11.4. The van der Waals surface area contributed by atoms with Crippen LogP contribution in [0, 0.1) is 5.92 Å². The Hall–Kier alpha value is -1.54. The number of nitrogens with zero attached hydrogens (tertiary/aromatic N) is 1. The quantitative estimate of drug-likeness (QED) is 0.776. The van der Waals surface area contributed by atoms with Gasteiger partial charge in [-0.15, -0.1) is 11.6 Å². The van der Waals surface area contributed by atoms with Crippen molar-refractivity contribution >= 4 is 34.0 Å². The molecule has 0 aromatic heterocycles. The van der Waals surface area contributed by atoms with Crippen LogP contribution in [-0.2, 0) is 4.79 Å². The van der Waals surface area contributed by atoms with Crippen LogP contribution in [0.2, 0.25) is 0 Å². The molecule has 3 heteroatoms. The predicted octanol–water partition coefficient (Wildman–Crippen LogP) is 3.82. The number of carbonyl (C=O) groups is 1. The molecule has 1 aliphatic rings. The number of fused-ring (bicyclic) bond motifs is 1. The molecule has 3 rings (SSSR count). The Kier molecular flexibility index (Phi) is 3.43. The van der Waals surface area contributed by atoms with Gasteiger partial charge in [-0.1, -0.05) is 36.4 Å². The van der Waals surface area contributed by atoms with Gasteiger partial charge in [0.1, 0.15) is 5.88 Å². The van der Waals surface area contributed by atoms with Gasteiger partial charge in [-0.2, -0.15) is 0 Å². The second kappa shape index (κ2) is 5.22. The van der Waals surface area contributed by atoms with Gasteiger partial charge in [-0.3, -0.25) is 4.79 Å². The summed E-state index contributed by atoms with van der Waals surface area (Å²) in [5.41, 5.74) is 0.982. The highest BCUT2D eigenvalue weighted by Gasteiger charge is 2.27. The third-order valence-corrected chi connectivity index (χ3v) is 3.84. The molecule has 1 amide bonds. The van der Waals surface area contributed by atoms with E-state index in [1.807, 2.05) is 29.2 Å². The van der Waals surface area contributed by atoms with Crippen LogP contribution in [-0.4, -0.2) is 18.3 Å². The topological polar surface area (TPSA) is 20.3 Å². The Morgan fingerprint density at radius 2 is 1.89 bits per heavy atom. The van der Waals surface area contributed by atoms with Gasteiger partial charge in [-0.25, -0.2) is 0 Å². The molecule has 98 valence electrons. The number of carbonyl (C=O) groups excluding carboxylic acids is 1. The molecule has 0 bridgehead atoms. The summed E-state index contributed by atoms with van der Waals surface area (Å²) < 4.78 is 0. The minimum atomic E-state index is -0.00933. The molecule has 1 fully saturated rings. The summed E-state index contributed by atoms with van der Waals surface area (Å²) in [4.78, 5) is 14.0. The van der Waals surface area contributed by atoms with Crippen molar-refractivity contribution in [2.75, 3.05) is 17.3 Å². The summed E-state index contributed by atoms with van der Waals surface area (Å²) in [6.45, 7) is 0.791. The monoisotopic (exact) mass is 273 g/mol. The summed E-state index contributed by atoms with van der Waals surface area (Å²) in [5.74, 6) is 0.673. The van der Waals surface area contributed by atoms with Crippen LogP contribution in [0.1, 0.15) is 12.8 Å². The molecule has 0 saturated heterocycles. The zero-order chi connectivity index (χ0) is 13.2. The Balaban J connectivity index is 2.05. The Bertz CT molecular complexity index is 601. The molecule has 2 aromatic carbocycles. The molecule has 2 nitrogen and oxygen atoms in total. The van der Waals surface area contributed by atoms with Crippen molar-refractivity contribution in [3.8, 4) is 0 Å². The van der Waals surface area contributed by atoms with Crippen LogP contribution in [0.25, 0.3) is 10.8 Å². The van der Waals surface area contributed by atoms with Gasteiger partial charge >= 0.3 is 0 Å². The molecule has 2 aromatic rings. The maximum atomic E-state index is 12.1. The lowest BCUT2D eigenvalue weighted by molar-refractivity contribution is -0.116. The van der Waals surface area contributed by atoms with Crippen LogP contribution in [0.3, 0.4) is 0 Å². The van der Waals surface area contributed by atoms with E-state index in [2.05, 4.69) is 18.2 Å². The number of hydrogen-bond donors (Lipinski definition) is 0. The van der Waals surface area contributed by atoms with E-state index in [9.17, 15) is 4.79 Å². The minimum Gasteiger partial charge on any atom is -0.310 e. The van der Waals surface area contributed by atoms with Crippen molar-refractivity contribution in [3.05, 3.63) is 42.5 Å². The summed E-state index contributed by atoms with van der Waals surface area (Å²) in [7, 11) is 0. The van der Waals surface area contributed by atoms with Gasteiger partial charge in [-0.05, 0) is 30.2 Å². The highest BCUT2D eigenvalue weighted by Crippen LogP contribution is 2.34. The first kappa shape index (κ1) is 12.5. The van der Waals surface area contributed by atoms with Crippen molar-refractivity contribution in [1.82, 2.24) is 0 Å². The Morgan fingerprint density at radius 1 is 1.16 bits per heavy atom. The third kappa shape index (κ3) is 2.59. The smallest absolute Gasteiger partial charge is 0.241 e. The molecular formula is C16H16ClNO. The van der Waals surface area contributed by atoms with E-state index < -0.39 is 0 Å². The average Bonchev–Trinajstić information content (AvgIpc) is 3.27. The Labute approximate surface area is 118 Å². The number of halogens is 1. The predicted molar refractivity (Wildman–Crippen MR) is 79.7 cm³/mol. The van der Waals surface area contributed by atoms with Crippen molar-refractivity contribution in [1.29, 1.82) is 0 Å². The SMILES string of the molecule is O=C(CCl)N(CC1CC1)c1cccc2ccccc12. The van der Waals surface area contributed by atoms with Gasteiger partial charge in [0, 0.05) is 11.9 Å². The van der Waals surface area contributed by atoms with E-state index in [4.69, 9.17) is 11.6 Å². The molecule has 0 radical (unpaired) electrons. The second-order valence-electron chi connectivity index (χ2n) is 5.08. The fourth-order valence-corrected chi connectivity index (χ4v) is 2.55. The van der Waals surface area contributed by atoms with Crippen LogP contribution in [0.4, 0.5) is 5.69 Å². The van der Waals surface area contributed by atoms with Crippen LogP contribution in [0.15, 0.2) is 42.5 Å². The highest BCUT2D eigenvalue weighted by molar-refractivity contribution is 6.29. The van der Waals surface area contributed by atoms with Crippen LogP contribution in [0.5, 0.6) is 0 Å². The second-order valence-corrected chi connectivity index (χ2v) is 5.35. The van der Waals surface area contributed by atoms with E-state index in [1.165, 1.54) is 12.8 Å². The minimum absolute atomic E-state index is 0.00933. The summed E-state index contributed by atoms with van der Waals surface area (Å²) in [6, 6.07) is 14.2. The normalized spacial score (nSPS) is 14.6. The highest BCUT2D eigenvalue weighted by atomic mass is 35.5. The molecule has 0 aliphatic heterocycles. The van der Waals surface area contributed by atoms with E-state index in [0.717, 1.165) is 23.0 Å². The molecule has 1 saturated carbocycles. The summed E-state index contributed by atoms with van der Waals surface area (Å²) >= 11 is 5.76. The molecule has 0 N–H and O–H groups in total. The number of benzene rings is 2. The lowest BCUT2D eigenvalue weighted by atomic mass is 10.1. The Morgan fingerprint density at radius 3 is 2.63 bits per heavy atom. The van der Waals surface area contributed by atoms with Gasteiger partial charge in [0.05, 0.1) is 5.69 Å². The van der Waals surface area contributed by atoms with Gasteiger partial charge < -0.3 is 4.90 Å². The first-order chi connectivity index (χ1) is 9.29. The van der Waals surface area contributed by atoms with Crippen molar-refractivity contribution in [2.24, 2.45) is 5.92 Å². The number of anilines is 1. The maximum Gasteiger partial charge on any atom is 0.241 e. The van der Waals surface area contributed by atoms with E-state index >= 15 is 0 Å². The van der Waals surface area contributed by atoms with Gasteiger partial charge in [0.2, 0.25) is 5.91 Å². The zero-order valence-electron chi connectivity index (χ0n) is 10.7. The number of alkyl halides is 1. The fraction of sp³-hybridized carbons (Fsp3) is 0.312. The average molecular weight is 274 g/mol. The summed E-state index contributed by atoms with van der Waals surface area (Å²) in [6.07, 6.45) is 2.44. The third-order valence-electron chi connectivity index (χ3n) is 3.61. The first-order valence-electron chi connectivity index (χ1n) is 6.63. The largest absolute Gasteiger partial charge is 0.310 e. The molecule has 1 aliphatic carbocycles. The van der Waals surface area contributed by atoms with Crippen molar-refractivity contribution in [3.63, 3.8) is 0 Å². The summed E-state index contributed by atoms with van der Waals surface area (Å²) in [5, 5.41) is 2.27. The standard InChI is InChI=1S/C16H16ClNO/c17-10-16(19)18(11-12-8-9-12)15-7-3-5-13-4-1-2-6-14(13)15/h1-7,12H,8-11H2. The molecule has 0 atom stereocenters. The maximum absolute atomic E-state index is 12.1. The molecule has 0 spiro atoms. The van der Waals surface area contributed by atoms with Gasteiger partial charge in [0.25, 0.3) is 0 Å². The number of rotatable bonds is 4. The van der Waals surface area contributed by atoms with Gasteiger partial charge in [0.15, 0.2) is 0 Å². The van der Waals surface area contributed by atoms with Crippen LogP contribution < -0.4 is 4.90 Å². The molecular weight excluding hydrogens is 258 g/mol. The number of amides is 1. The number of hydrogen-bond acceptors (Lipinski definition) is 1. The van der Waals surface area contributed by atoms with Crippen molar-refractivity contribution in [2.45, 2.75) is 12.8 Å². The van der Waals surface area contributed by atoms with Crippen LogP contribution >= 0.6 is 11.6 Å². The first-order valence-corrected chi connectivity index (χ1v) is 7.17. The lowest BCUT2D eigenvalue weighted by Crippen LogP contribution is -2.33. The molecule has 0 heterocycles. The van der Waals surface area contributed by atoms with Crippen molar-refractivity contribution < 1.29 is 4.79 Å². The molecule has 0 unspecified atom stereocenters. The van der Waals surface area contributed by atoms with E-state index in [0.29, 0.717) is 5.92 Å². The van der Waals surface area contributed by atoms with E-state index in [-0.39, 0.29) is 11.8 Å². The molecule has 19 heavy (non-hydrogen) atoms. The lowest BCUT2D eigenvalue weighted by Gasteiger charge is -2.23.